The van der Waals surface area contributed by atoms with E-state index in [4.69, 9.17) is 14.2 Å². The quantitative estimate of drug-likeness (QED) is 0.397. The minimum atomic E-state index is -0.763. The predicted molar refractivity (Wildman–Crippen MR) is 133 cm³/mol. The van der Waals surface area contributed by atoms with Crippen molar-refractivity contribution in [2.24, 2.45) is 5.92 Å². The van der Waals surface area contributed by atoms with E-state index < -0.39 is 12.1 Å². The van der Waals surface area contributed by atoms with Crippen molar-refractivity contribution in [1.29, 1.82) is 0 Å². The van der Waals surface area contributed by atoms with Crippen LogP contribution in [0.5, 0.6) is 17.2 Å². The van der Waals surface area contributed by atoms with Crippen molar-refractivity contribution in [3.05, 3.63) is 42.5 Å². The minimum Gasteiger partial charge on any atom is -0.494 e. The first kappa shape index (κ1) is 24.3. The lowest BCUT2D eigenvalue weighted by molar-refractivity contribution is -0.119. The van der Waals surface area contributed by atoms with Gasteiger partial charge >= 0.3 is 6.03 Å². The molecule has 3 aromatic rings. The molecule has 0 fully saturated rings. The normalized spacial score (nSPS) is 13.6. The number of anilines is 2. The van der Waals surface area contributed by atoms with E-state index in [9.17, 15) is 9.59 Å². The van der Waals surface area contributed by atoms with Crippen LogP contribution in [0.25, 0.3) is 10.6 Å². The first-order valence-electron chi connectivity index (χ1n) is 11.3. The van der Waals surface area contributed by atoms with E-state index >= 15 is 0 Å². The van der Waals surface area contributed by atoms with Gasteiger partial charge in [-0.3, -0.25) is 10.1 Å². The lowest BCUT2D eigenvalue weighted by Crippen LogP contribution is -2.49. The van der Waals surface area contributed by atoms with Crippen molar-refractivity contribution >= 4 is 34.1 Å². The van der Waals surface area contributed by atoms with E-state index in [1.807, 2.05) is 39.0 Å². The molecule has 3 N–H and O–H groups in total. The zero-order valence-electron chi connectivity index (χ0n) is 19.7. The van der Waals surface area contributed by atoms with Crippen LogP contribution in [0, 0.1) is 5.92 Å². The highest BCUT2D eigenvalue weighted by molar-refractivity contribution is 7.18. The monoisotopic (exact) mass is 497 g/mol. The summed E-state index contributed by atoms with van der Waals surface area (Å²) in [5, 5.41) is 17.5. The van der Waals surface area contributed by atoms with Gasteiger partial charge in [-0.1, -0.05) is 31.6 Å². The van der Waals surface area contributed by atoms with Gasteiger partial charge < -0.3 is 24.8 Å². The average Bonchev–Trinajstić information content (AvgIpc) is 3.52. The van der Waals surface area contributed by atoms with Gasteiger partial charge in [-0.25, -0.2) is 4.79 Å². The Hall–Kier alpha value is -3.86. The number of hydrogen-bond donors (Lipinski definition) is 3. The van der Waals surface area contributed by atoms with Crippen molar-refractivity contribution in [3.63, 3.8) is 0 Å². The molecule has 11 heteroatoms. The molecular formula is C24H27N5O5S. The van der Waals surface area contributed by atoms with E-state index in [1.54, 1.807) is 24.3 Å². The number of carbonyl (C=O) groups excluding carboxylic acids is 2. The Morgan fingerprint density at radius 1 is 1.06 bits per heavy atom. The zero-order valence-corrected chi connectivity index (χ0v) is 20.5. The number of hydrogen-bond acceptors (Lipinski definition) is 8. The molecular weight excluding hydrogens is 470 g/mol. The highest BCUT2D eigenvalue weighted by Gasteiger charge is 2.27. The van der Waals surface area contributed by atoms with Gasteiger partial charge in [0.1, 0.15) is 16.8 Å². The minimum absolute atomic E-state index is 0.109. The molecule has 1 aromatic heterocycles. The third-order valence-corrected chi connectivity index (χ3v) is 6.37. The number of carbonyl (C=O) groups is 2. The van der Waals surface area contributed by atoms with Gasteiger partial charge in [0.25, 0.3) is 0 Å². The number of urea groups is 1. The van der Waals surface area contributed by atoms with Gasteiger partial charge in [0.05, 0.1) is 6.61 Å². The van der Waals surface area contributed by atoms with Crippen LogP contribution >= 0.6 is 11.3 Å². The Labute approximate surface area is 207 Å². The van der Waals surface area contributed by atoms with Gasteiger partial charge in [-0.05, 0) is 55.3 Å². The molecule has 0 aliphatic carbocycles. The summed E-state index contributed by atoms with van der Waals surface area (Å²) >= 11 is 1.23. The van der Waals surface area contributed by atoms with Crippen molar-refractivity contribution < 1.29 is 23.8 Å². The zero-order chi connectivity index (χ0) is 24.8. The molecule has 3 amide bonds. The van der Waals surface area contributed by atoms with Crippen molar-refractivity contribution in [2.45, 2.75) is 33.2 Å². The first-order valence-corrected chi connectivity index (χ1v) is 12.1. The Morgan fingerprint density at radius 3 is 2.57 bits per heavy atom. The molecule has 2 atom stereocenters. The fourth-order valence-corrected chi connectivity index (χ4v) is 4.16. The number of fused-ring (bicyclic) bond motifs is 1. The Morgan fingerprint density at radius 2 is 1.83 bits per heavy atom. The van der Waals surface area contributed by atoms with Crippen LogP contribution in [0.2, 0.25) is 0 Å². The standard InChI is InChI=1S/C24H27N5O5S/c1-4-14(3)20(26-23(31)25-16-7-9-17(10-8-16)32-5-2)21(30)27-24-29-28-22(35-24)15-6-11-18-19(12-15)34-13-33-18/h6-12,14,20H,4-5,13H2,1-3H3,(H2,25,26,31)(H,27,29,30)/t14-,20-/m0/s1. The topological polar surface area (TPSA) is 124 Å². The van der Waals surface area contributed by atoms with E-state index in [0.29, 0.717) is 46.1 Å². The molecule has 1 aliphatic rings. The predicted octanol–water partition coefficient (Wildman–Crippen LogP) is 4.51. The third kappa shape index (κ3) is 5.99. The van der Waals surface area contributed by atoms with Crippen LogP contribution in [0.3, 0.4) is 0 Å². The molecule has 0 bridgehead atoms. The van der Waals surface area contributed by atoms with E-state index in [0.717, 1.165) is 5.56 Å². The summed E-state index contributed by atoms with van der Waals surface area (Å²) in [5.41, 5.74) is 1.39. The second kappa shape index (κ2) is 11.0. The summed E-state index contributed by atoms with van der Waals surface area (Å²) in [7, 11) is 0. The summed E-state index contributed by atoms with van der Waals surface area (Å²) < 4.78 is 16.2. The average molecular weight is 498 g/mol. The number of amides is 3. The first-order chi connectivity index (χ1) is 17.0. The van der Waals surface area contributed by atoms with E-state index in [1.165, 1.54) is 11.3 Å². The smallest absolute Gasteiger partial charge is 0.319 e. The number of nitrogens with one attached hydrogen (secondary N) is 3. The number of rotatable bonds is 9. The fraction of sp³-hybridized carbons (Fsp3) is 0.333. The maximum absolute atomic E-state index is 13.0. The molecule has 1 aliphatic heterocycles. The summed E-state index contributed by atoms with van der Waals surface area (Å²) in [6, 6.07) is 11.3. The SMILES string of the molecule is CCOc1ccc(NC(=O)N[C@H](C(=O)Nc2nnc(-c3ccc4c(c3)OCO4)s2)[C@@H](C)CC)cc1. The maximum Gasteiger partial charge on any atom is 0.319 e. The van der Waals surface area contributed by atoms with Gasteiger partial charge in [0, 0.05) is 11.3 Å². The van der Waals surface area contributed by atoms with Crippen LogP contribution in [0.1, 0.15) is 27.2 Å². The molecule has 0 unspecified atom stereocenters. The molecule has 2 heterocycles. The lowest BCUT2D eigenvalue weighted by Gasteiger charge is -2.23. The Bertz CT molecular complexity index is 1180. The molecule has 10 nitrogen and oxygen atoms in total. The molecule has 2 aromatic carbocycles. The summed E-state index contributed by atoms with van der Waals surface area (Å²) in [4.78, 5) is 25.7. The molecule has 0 saturated heterocycles. The second-order valence-corrected chi connectivity index (χ2v) is 8.87. The van der Waals surface area contributed by atoms with Crippen LogP contribution in [0.4, 0.5) is 15.6 Å². The summed E-state index contributed by atoms with van der Waals surface area (Å²) in [6.07, 6.45) is 0.694. The van der Waals surface area contributed by atoms with Crippen LogP contribution in [0.15, 0.2) is 42.5 Å². The van der Waals surface area contributed by atoms with Crippen molar-refractivity contribution in [2.75, 3.05) is 24.0 Å². The highest BCUT2D eigenvalue weighted by atomic mass is 32.1. The molecule has 184 valence electrons. The highest BCUT2D eigenvalue weighted by Crippen LogP contribution is 2.37. The van der Waals surface area contributed by atoms with E-state index in [-0.39, 0.29) is 18.6 Å². The lowest BCUT2D eigenvalue weighted by atomic mass is 9.98. The molecule has 35 heavy (non-hydrogen) atoms. The van der Waals surface area contributed by atoms with E-state index in [2.05, 4.69) is 26.1 Å². The fourth-order valence-electron chi connectivity index (χ4n) is 3.41. The maximum atomic E-state index is 13.0. The van der Waals surface area contributed by atoms with Gasteiger partial charge in [0.15, 0.2) is 11.5 Å². The van der Waals surface area contributed by atoms with Crippen molar-refractivity contribution in [3.8, 4) is 27.8 Å². The van der Waals surface area contributed by atoms with Gasteiger partial charge in [-0.15, -0.1) is 10.2 Å². The Balaban J connectivity index is 1.39. The largest absolute Gasteiger partial charge is 0.494 e. The third-order valence-electron chi connectivity index (χ3n) is 5.48. The Kier molecular flexibility index (Phi) is 7.66. The summed E-state index contributed by atoms with van der Waals surface area (Å²) in [5.74, 6) is 1.56. The van der Waals surface area contributed by atoms with Crippen LogP contribution in [-0.2, 0) is 4.79 Å². The summed E-state index contributed by atoms with van der Waals surface area (Å²) in [6.45, 7) is 6.51. The number of benzene rings is 2. The van der Waals surface area contributed by atoms with Gasteiger partial charge in [-0.2, -0.15) is 0 Å². The van der Waals surface area contributed by atoms with Crippen LogP contribution < -0.4 is 30.2 Å². The number of nitrogens with zero attached hydrogens (tertiary/aromatic N) is 2. The second-order valence-electron chi connectivity index (χ2n) is 7.89. The number of ether oxygens (including phenoxy) is 3. The molecule has 0 saturated carbocycles. The molecule has 4 rings (SSSR count). The molecule has 0 radical (unpaired) electrons. The van der Waals surface area contributed by atoms with Crippen molar-refractivity contribution in [1.82, 2.24) is 15.5 Å². The van der Waals surface area contributed by atoms with Crippen LogP contribution in [-0.4, -0.2) is 41.6 Å². The van der Waals surface area contributed by atoms with Gasteiger partial charge in [0.2, 0.25) is 17.8 Å². The molecule has 0 spiro atoms. The number of aromatic nitrogens is 2.